The molecular weight excluding hydrogens is 253 g/mol. The Bertz CT molecular complexity index is 344. The van der Waals surface area contributed by atoms with E-state index in [1.165, 1.54) is 14.2 Å². The van der Waals surface area contributed by atoms with Gasteiger partial charge in [0.2, 0.25) is 0 Å². The van der Waals surface area contributed by atoms with Gasteiger partial charge in [-0.15, -0.1) is 5.11 Å². The maximum Gasteiger partial charge on any atom is 0.414 e. The molecule has 8 heteroatoms. The second kappa shape index (κ2) is 4.43. The lowest BCUT2D eigenvalue weighted by Crippen LogP contribution is -2.50. The smallest absolute Gasteiger partial charge is 0.310 e. The molecule has 18 heavy (non-hydrogen) atoms. The molecule has 0 aromatic heterocycles. The number of halogens is 3. The highest BCUT2D eigenvalue weighted by atomic mass is 19.4. The predicted octanol–water partition coefficient (Wildman–Crippen LogP) is 2.82. The van der Waals surface area contributed by atoms with Crippen LogP contribution >= 0.6 is 0 Å². The van der Waals surface area contributed by atoms with Crippen molar-refractivity contribution < 1.29 is 27.4 Å². The second-order valence-electron chi connectivity index (χ2n) is 4.42. The van der Waals surface area contributed by atoms with E-state index in [1.54, 1.807) is 0 Å². The molecule has 1 aliphatic heterocycles. The van der Waals surface area contributed by atoms with Crippen molar-refractivity contribution in [3.8, 4) is 0 Å². The van der Waals surface area contributed by atoms with Crippen LogP contribution in [0.4, 0.5) is 13.2 Å². The average Bonchev–Trinajstić information content (AvgIpc) is 2.69. The van der Waals surface area contributed by atoms with Gasteiger partial charge in [0.05, 0.1) is 0 Å². The Morgan fingerprint density at radius 3 is 2.33 bits per heavy atom. The van der Waals surface area contributed by atoms with Gasteiger partial charge in [0.15, 0.2) is 5.72 Å². The maximum atomic E-state index is 13.0. The van der Waals surface area contributed by atoms with Gasteiger partial charge in [0, 0.05) is 14.2 Å². The SMILES string of the molecule is COC1(OC)N=NC2(CCCCC2C(F)(F)F)O1. The molecule has 0 radical (unpaired) electrons. The van der Waals surface area contributed by atoms with Crippen molar-refractivity contribution in [1.29, 1.82) is 0 Å². The quantitative estimate of drug-likeness (QED) is 0.723. The minimum Gasteiger partial charge on any atom is -0.310 e. The lowest BCUT2D eigenvalue weighted by atomic mass is 9.81. The number of nitrogens with zero attached hydrogens (tertiary/aromatic N) is 2. The van der Waals surface area contributed by atoms with E-state index < -0.39 is 23.9 Å². The molecule has 5 nitrogen and oxygen atoms in total. The molecule has 2 atom stereocenters. The highest BCUT2D eigenvalue weighted by Gasteiger charge is 2.62. The normalized spacial score (nSPS) is 35.3. The Balaban J connectivity index is 2.28. The number of hydrogen-bond acceptors (Lipinski definition) is 5. The van der Waals surface area contributed by atoms with Crippen LogP contribution in [0.1, 0.15) is 25.7 Å². The number of hydrogen-bond donors (Lipinski definition) is 0. The number of ether oxygens (including phenoxy) is 3. The minimum absolute atomic E-state index is 0.0218. The Morgan fingerprint density at radius 1 is 1.17 bits per heavy atom. The van der Waals surface area contributed by atoms with Crippen LogP contribution in [-0.2, 0) is 14.2 Å². The van der Waals surface area contributed by atoms with Crippen molar-refractivity contribution in [2.24, 2.45) is 16.1 Å². The molecule has 2 rings (SSSR count). The summed E-state index contributed by atoms with van der Waals surface area (Å²) in [6, 6.07) is 0. The van der Waals surface area contributed by atoms with E-state index in [2.05, 4.69) is 10.2 Å². The molecule has 2 aliphatic rings. The van der Waals surface area contributed by atoms with Crippen LogP contribution in [0.15, 0.2) is 10.2 Å². The van der Waals surface area contributed by atoms with E-state index in [1.807, 2.05) is 0 Å². The molecule has 0 saturated heterocycles. The van der Waals surface area contributed by atoms with Crippen molar-refractivity contribution >= 4 is 0 Å². The van der Waals surface area contributed by atoms with E-state index in [9.17, 15) is 13.2 Å². The molecule has 0 aromatic rings. The van der Waals surface area contributed by atoms with Gasteiger partial charge in [-0.1, -0.05) is 11.5 Å². The van der Waals surface area contributed by atoms with Crippen molar-refractivity contribution in [2.75, 3.05) is 14.2 Å². The van der Waals surface area contributed by atoms with Crippen molar-refractivity contribution in [3.63, 3.8) is 0 Å². The predicted molar refractivity (Wildman–Crippen MR) is 53.4 cm³/mol. The Morgan fingerprint density at radius 2 is 1.83 bits per heavy atom. The van der Waals surface area contributed by atoms with Gasteiger partial charge < -0.3 is 9.47 Å². The van der Waals surface area contributed by atoms with Gasteiger partial charge in [-0.25, -0.2) is 0 Å². The number of methoxy groups -OCH3 is 2. The minimum atomic E-state index is -4.38. The lowest BCUT2D eigenvalue weighted by molar-refractivity contribution is -0.390. The van der Waals surface area contributed by atoms with Crippen molar-refractivity contribution in [3.05, 3.63) is 0 Å². The molecule has 0 bridgehead atoms. The Kier molecular flexibility index (Phi) is 3.37. The molecule has 0 amide bonds. The van der Waals surface area contributed by atoms with Crippen molar-refractivity contribution in [2.45, 2.75) is 43.7 Å². The van der Waals surface area contributed by atoms with Gasteiger partial charge >= 0.3 is 12.3 Å². The van der Waals surface area contributed by atoms with Crippen LogP contribution in [-0.4, -0.2) is 32.2 Å². The van der Waals surface area contributed by atoms with Gasteiger partial charge in [-0.05, 0) is 19.3 Å². The maximum absolute atomic E-state index is 13.0. The number of alkyl halides is 3. The summed E-state index contributed by atoms with van der Waals surface area (Å²) < 4.78 is 54.1. The Labute approximate surface area is 102 Å². The summed E-state index contributed by atoms with van der Waals surface area (Å²) in [5.74, 6) is -1.67. The van der Waals surface area contributed by atoms with Gasteiger partial charge in [-0.3, -0.25) is 4.74 Å². The van der Waals surface area contributed by atoms with Crippen LogP contribution in [0.5, 0.6) is 0 Å². The first-order chi connectivity index (χ1) is 8.37. The monoisotopic (exact) mass is 268 g/mol. The molecule has 1 saturated carbocycles. The molecule has 1 heterocycles. The third kappa shape index (κ3) is 2.12. The van der Waals surface area contributed by atoms with Crippen LogP contribution in [0.3, 0.4) is 0 Å². The van der Waals surface area contributed by atoms with Crippen LogP contribution in [0, 0.1) is 5.92 Å². The van der Waals surface area contributed by atoms with Crippen molar-refractivity contribution in [1.82, 2.24) is 0 Å². The molecule has 1 aliphatic carbocycles. The summed E-state index contributed by atoms with van der Waals surface area (Å²) in [4.78, 5) is 0. The fraction of sp³-hybridized carbons (Fsp3) is 1.00. The van der Waals surface area contributed by atoms with Crippen LogP contribution < -0.4 is 0 Å². The van der Waals surface area contributed by atoms with E-state index in [-0.39, 0.29) is 12.8 Å². The summed E-state index contributed by atoms with van der Waals surface area (Å²) >= 11 is 0. The summed E-state index contributed by atoms with van der Waals surface area (Å²) in [6.45, 7) is 0. The van der Waals surface area contributed by atoms with E-state index in [0.29, 0.717) is 12.8 Å². The average molecular weight is 268 g/mol. The summed E-state index contributed by atoms with van der Waals surface area (Å²) in [5, 5.41) is 7.31. The topological polar surface area (TPSA) is 52.4 Å². The van der Waals surface area contributed by atoms with E-state index >= 15 is 0 Å². The first kappa shape index (κ1) is 13.7. The zero-order chi connectivity index (χ0) is 13.4. The van der Waals surface area contributed by atoms with Gasteiger partial charge in [0.25, 0.3) is 0 Å². The van der Waals surface area contributed by atoms with E-state index in [4.69, 9.17) is 14.2 Å². The molecule has 1 spiro atoms. The molecule has 0 aromatic carbocycles. The lowest BCUT2D eigenvalue weighted by Gasteiger charge is -2.39. The third-order valence-electron chi connectivity index (χ3n) is 3.38. The molecule has 0 N–H and O–H groups in total. The highest BCUT2D eigenvalue weighted by molar-refractivity contribution is 4.96. The van der Waals surface area contributed by atoms with Gasteiger partial charge in [0.1, 0.15) is 5.92 Å². The first-order valence-corrected chi connectivity index (χ1v) is 5.69. The van der Waals surface area contributed by atoms with Gasteiger partial charge in [-0.2, -0.15) is 13.2 Å². The summed E-state index contributed by atoms with van der Waals surface area (Å²) in [6.07, 6.45) is -4.98. The highest BCUT2D eigenvalue weighted by Crippen LogP contribution is 2.51. The standard InChI is InChI=1S/C10H15F3N2O3/c1-16-10(17-2)15-14-8(18-10)6-4-3-5-7(8)9(11,12)13/h7H,3-6H2,1-2H3. The Hall–Kier alpha value is -0.730. The second-order valence-corrected chi connectivity index (χ2v) is 4.42. The molecular formula is C10H15F3N2O3. The first-order valence-electron chi connectivity index (χ1n) is 5.69. The fourth-order valence-corrected chi connectivity index (χ4v) is 2.45. The zero-order valence-corrected chi connectivity index (χ0v) is 10.2. The van der Waals surface area contributed by atoms with E-state index in [0.717, 1.165) is 0 Å². The van der Waals surface area contributed by atoms with Crippen LogP contribution in [0.25, 0.3) is 0 Å². The van der Waals surface area contributed by atoms with Crippen LogP contribution in [0.2, 0.25) is 0 Å². The number of azo groups is 1. The summed E-state index contributed by atoms with van der Waals surface area (Å²) in [5.41, 5.74) is -1.71. The molecule has 1 fully saturated rings. The zero-order valence-electron chi connectivity index (χ0n) is 10.2. The molecule has 104 valence electrons. The largest absolute Gasteiger partial charge is 0.414 e. The fourth-order valence-electron chi connectivity index (χ4n) is 2.45. The third-order valence-corrected chi connectivity index (χ3v) is 3.38. The number of rotatable bonds is 2. The summed E-state index contributed by atoms with van der Waals surface area (Å²) in [7, 11) is 2.49. The molecule has 2 unspecified atom stereocenters.